The number of ether oxygens (including phenoxy) is 1. The summed E-state index contributed by atoms with van der Waals surface area (Å²) < 4.78 is 40.3. The van der Waals surface area contributed by atoms with Crippen LogP contribution in [0.4, 0.5) is 4.39 Å². The van der Waals surface area contributed by atoms with Crippen LogP contribution in [0.2, 0.25) is 0 Å². The molecule has 2 aliphatic heterocycles. The minimum atomic E-state index is -2.27. The predicted octanol–water partition coefficient (Wildman–Crippen LogP) is 4.98. The molecule has 1 aromatic heterocycles. The van der Waals surface area contributed by atoms with E-state index in [1.54, 1.807) is 6.07 Å². The van der Waals surface area contributed by atoms with Crippen molar-refractivity contribution in [1.82, 2.24) is 9.55 Å². The predicted molar refractivity (Wildman–Crippen MR) is 137 cm³/mol. The molecular weight excluding hydrogens is 505 g/mol. The molecule has 8 nitrogen and oxygen atoms in total. The number of H-pyrrole nitrogens is 1. The van der Waals surface area contributed by atoms with Gasteiger partial charge in [0.15, 0.2) is 13.5 Å². The van der Waals surface area contributed by atoms with Gasteiger partial charge in [0.2, 0.25) is 0 Å². The average molecular weight is 536 g/mol. The Bertz CT molecular complexity index is 1270. The molecule has 4 atom stereocenters. The SMILES string of the molecule is [B]C(O)(OP1OCc2c(F)c(C(C)(C)C)cc(C(C)(C)C)c2O1)C1CCC(n2ccc(=S)[nH]c2=O)O1. The number of fused-ring (bicyclic) bond motifs is 1. The topological polar surface area (TPSA) is 94.9 Å². The molecule has 0 spiro atoms. The zero-order valence-electron chi connectivity index (χ0n) is 21.3. The Labute approximate surface area is 217 Å². The molecule has 12 heteroatoms. The van der Waals surface area contributed by atoms with Gasteiger partial charge in [-0.05, 0) is 41.4 Å². The number of rotatable bonds is 4. The van der Waals surface area contributed by atoms with E-state index in [9.17, 15) is 9.90 Å². The van der Waals surface area contributed by atoms with Crippen molar-refractivity contribution in [1.29, 1.82) is 0 Å². The molecule has 1 fully saturated rings. The summed E-state index contributed by atoms with van der Waals surface area (Å²) in [6.45, 7) is 11.8. The molecule has 0 aliphatic carbocycles. The van der Waals surface area contributed by atoms with Crippen LogP contribution in [0.5, 0.6) is 5.75 Å². The van der Waals surface area contributed by atoms with E-state index >= 15 is 4.39 Å². The third kappa shape index (κ3) is 5.47. The first kappa shape index (κ1) is 27.4. The fourth-order valence-electron chi connectivity index (χ4n) is 4.26. The minimum absolute atomic E-state index is 0.0945. The molecule has 0 saturated carbocycles. The molecule has 2 aliphatic rings. The van der Waals surface area contributed by atoms with Crippen LogP contribution in [0.15, 0.2) is 23.1 Å². The molecular formula is C24H31BFN2O6PS. The van der Waals surface area contributed by atoms with E-state index < -0.39 is 37.7 Å². The van der Waals surface area contributed by atoms with Gasteiger partial charge in [0.1, 0.15) is 28.5 Å². The maximum atomic E-state index is 15.5. The average Bonchev–Trinajstić information content (AvgIpc) is 3.23. The maximum Gasteiger partial charge on any atom is 0.399 e. The van der Waals surface area contributed by atoms with Gasteiger partial charge in [-0.3, -0.25) is 18.6 Å². The lowest BCUT2D eigenvalue weighted by molar-refractivity contribution is -0.172. The van der Waals surface area contributed by atoms with Gasteiger partial charge in [-0.1, -0.05) is 53.8 Å². The second kappa shape index (κ2) is 9.60. The van der Waals surface area contributed by atoms with Gasteiger partial charge in [0.25, 0.3) is 0 Å². The Morgan fingerprint density at radius 1 is 1.22 bits per heavy atom. The molecule has 1 saturated heterocycles. The van der Waals surface area contributed by atoms with Crippen LogP contribution in [-0.2, 0) is 31.2 Å². The van der Waals surface area contributed by atoms with Crippen molar-refractivity contribution < 1.29 is 27.8 Å². The van der Waals surface area contributed by atoms with Crippen LogP contribution in [0.25, 0.3) is 0 Å². The number of benzene rings is 1. The van der Waals surface area contributed by atoms with Crippen molar-refractivity contribution in [2.45, 2.75) is 89.8 Å². The lowest BCUT2D eigenvalue weighted by Crippen LogP contribution is -2.45. The van der Waals surface area contributed by atoms with Gasteiger partial charge in [-0.2, -0.15) is 0 Å². The summed E-state index contributed by atoms with van der Waals surface area (Å²) in [7, 11) is 3.92. The van der Waals surface area contributed by atoms with E-state index in [0.717, 1.165) is 5.56 Å². The Balaban J connectivity index is 1.55. The minimum Gasteiger partial charge on any atom is -0.426 e. The highest BCUT2D eigenvalue weighted by Gasteiger charge is 2.45. The largest absolute Gasteiger partial charge is 0.426 e. The Kier molecular flexibility index (Phi) is 7.31. The van der Waals surface area contributed by atoms with Gasteiger partial charge in [0.05, 0.1) is 12.2 Å². The van der Waals surface area contributed by atoms with Crippen molar-refractivity contribution in [3.63, 3.8) is 0 Å². The zero-order valence-corrected chi connectivity index (χ0v) is 23.0. The smallest absolute Gasteiger partial charge is 0.399 e. The lowest BCUT2D eigenvalue weighted by atomic mass is 9.78. The second-order valence-corrected chi connectivity index (χ2v) is 12.7. The van der Waals surface area contributed by atoms with E-state index in [0.29, 0.717) is 34.4 Å². The fraction of sp³-hybridized carbons (Fsp3) is 0.583. The molecule has 2 radical (unpaired) electrons. The lowest BCUT2D eigenvalue weighted by Gasteiger charge is -2.37. The molecule has 194 valence electrons. The van der Waals surface area contributed by atoms with Crippen molar-refractivity contribution in [2.75, 3.05) is 0 Å². The maximum absolute atomic E-state index is 15.5. The number of nitrogens with zero attached hydrogens (tertiary/aromatic N) is 1. The molecule has 4 rings (SSSR count). The number of nitrogens with one attached hydrogen (secondary N) is 1. The first-order valence-electron chi connectivity index (χ1n) is 11.7. The monoisotopic (exact) mass is 536 g/mol. The summed E-state index contributed by atoms with van der Waals surface area (Å²) in [6.07, 6.45) is 0.627. The van der Waals surface area contributed by atoms with Gasteiger partial charge in [0, 0.05) is 11.8 Å². The van der Waals surface area contributed by atoms with Gasteiger partial charge in [-0.25, -0.2) is 9.18 Å². The summed E-state index contributed by atoms with van der Waals surface area (Å²) in [5.41, 5.74) is -1.79. The summed E-state index contributed by atoms with van der Waals surface area (Å²) in [6, 6.07) is 3.40. The van der Waals surface area contributed by atoms with Crippen molar-refractivity contribution in [2.24, 2.45) is 0 Å². The van der Waals surface area contributed by atoms with Crippen LogP contribution in [0, 0.1) is 10.5 Å². The van der Waals surface area contributed by atoms with Crippen LogP contribution in [-0.4, -0.2) is 34.3 Å². The zero-order chi connectivity index (χ0) is 26.6. The van der Waals surface area contributed by atoms with Crippen molar-refractivity contribution in [3.05, 3.63) is 56.0 Å². The molecule has 2 N–H and O–H groups in total. The number of hydrogen-bond acceptors (Lipinski definition) is 7. The first-order valence-corrected chi connectivity index (χ1v) is 13.2. The Morgan fingerprint density at radius 3 is 2.50 bits per heavy atom. The molecule has 2 aromatic rings. The summed E-state index contributed by atoms with van der Waals surface area (Å²) >= 11 is 4.96. The number of aromatic nitrogens is 2. The first-order chi connectivity index (χ1) is 16.6. The van der Waals surface area contributed by atoms with Crippen LogP contribution < -0.4 is 10.2 Å². The third-order valence-electron chi connectivity index (χ3n) is 6.25. The number of halogens is 1. The molecule has 4 unspecified atom stereocenters. The van der Waals surface area contributed by atoms with E-state index in [-0.39, 0.29) is 17.8 Å². The van der Waals surface area contributed by atoms with E-state index in [4.69, 9.17) is 38.4 Å². The van der Waals surface area contributed by atoms with Crippen molar-refractivity contribution in [3.8, 4) is 5.75 Å². The van der Waals surface area contributed by atoms with Gasteiger partial charge < -0.3 is 14.4 Å². The van der Waals surface area contributed by atoms with E-state index in [1.165, 1.54) is 10.8 Å². The van der Waals surface area contributed by atoms with Crippen molar-refractivity contribution >= 4 is 28.7 Å². The van der Waals surface area contributed by atoms with Crippen LogP contribution in [0.1, 0.15) is 77.3 Å². The van der Waals surface area contributed by atoms with Crippen LogP contribution in [0.3, 0.4) is 0 Å². The number of aliphatic hydroxyl groups is 1. The summed E-state index contributed by atoms with van der Waals surface area (Å²) in [5.74, 6) is -0.0325. The second-order valence-electron chi connectivity index (χ2n) is 11.2. The number of aromatic amines is 1. The third-order valence-corrected chi connectivity index (χ3v) is 7.60. The van der Waals surface area contributed by atoms with Crippen LogP contribution >= 0.6 is 20.8 Å². The molecule has 1 aromatic carbocycles. The highest BCUT2D eigenvalue weighted by molar-refractivity contribution is 7.71. The summed E-state index contributed by atoms with van der Waals surface area (Å²) in [5, 5.41) is 10.9. The standard InChI is InChI=1S/C24H31BFN2O6PS/c1-22(2,3)14-11-15(23(4,5)6)20-13(19(14)26)12-31-35(33-20)34-24(25,30)16-7-8-18(32-16)28-10-9-17(36)27-21(28)29/h9-11,16,18,30H,7-8,12H2,1-6H3,(H,27,29,36). The highest BCUT2D eigenvalue weighted by Crippen LogP contribution is 2.54. The molecule has 0 bridgehead atoms. The fourth-order valence-corrected chi connectivity index (χ4v) is 5.50. The normalized spacial score (nSPS) is 24.2. The van der Waals surface area contributed by atoms with E-state index in [1.807, 2.05) is 47.6 Å². The number of hydrogen-bond donors (Lipinski definition) is 2. The summed E-state index contributed by atoms with van der Waals surface area (Å²) in [4.78, 5) is 14.7. The molecule has 3 heterocycles. The Hall–Kier alpha value is -1.62. The highest BCUT2D eigenvalue weighted by atomic mass is 32.1. The Morgan fingerprint density at radius 2 is 1.89 bits per heavy atom. The van der Waals surface area contributed by atoms with E-state index in [2.05, 4.69) is 4.98 Å². The quantitative estimate of drug-likeness (QED) is 0.246. The molecule has 36 heavy (non-hydrogen) atoms. The molecule has 0 amide bonds. The van der Waals surface area contributed by atoms with Gasteiger partial charge >= 0.3 is 14.3 Å². The van der Waals surface area contributed by atoms with Gasteiger partial charge in [-0.15, -0.1) is 0 Å².